The predicted octanol–water partition coefficient (Wildman–Crippen LogP) is 1.79. The lowest BCUT2D eigenvalue weighted by Crippen LogP contribution is -2.48. The van der Waals surface area contributed by atoms with Gasteiger partial charge >= 0.3 is 6.18 Å². The largest absolute Gasteiger partial charge is 0.406 e. The maximum absolute atomic E-state index is 12.4. The van der Waals surface area contributed by atoms with Gasteiger partial charge in [0.2, 0.25) is 5.91 Å². The minimum absolute atomic E-state index is 0.0303. The monoisotopic (exact) mass is 252 g/mol. The minimum Gasteiger partial charge on any atom is -0.332 e. The molecule has 0 aromatic carbocycles. The molecule has 6 heteroatoms. The molecule has 0 unspecified atom stereocenters. The molecule has 0 saturated carbocycles. The quantitative estimate of drug-likeness (QED) is 0.827. The van der Waals surface area contributed by atoms with Crippen molar-refractivity contribution in [2.75, 3.05) is 19.6 Å². The molecule has 1 heterocycles. The van der Waals surface area contributed by atoms with Crippen molar-refractivity contribution in [3.05, 3.63) is 0 Å². The maximum Gasteiger partial charge on any atom is 0.406 e. The molecule has 100 valence electrons. The summed E-state index contributed by atoms with van der Waals surface area (Å²) >= 11 is 0. The van der Waals surface area contributed by atoms with Crippen molar-refractivity contribution in [1.82, 2.24) is 10.2 Å². The van der Waals surface area contributed by atoms with Crippen molar-refractivity contribution in [2.24, 2.45) is 5.92 Å². The van der Waals surface area contributed by atoms with E-state index in [4.69, 9.17) is 0 Å². The first-order valence-corrected chi connectivity index (χ1v) is 5.88. The fraction of sp³-hybridized carbons (Fsp3) is 0.909. The highest BCUT2D eigenvalue weighted by atomic mass is 19.4. The van der Waals surface area contributed by atoms with Crippen LogP contribution in [0, 0.1) is 5.92 Å². The van der Waals surface area contributed by atoms with Gasteiger partial charge in [-0.05, 0) is 25.3 Å². The first-order valence-electron chi connectivity index (χ1n) is 5.88. The number of rotatable bonds is 4. The second-order valence-electron chi connectivity index (χ2n) is 4.88. The first-order chi connectivity index (χ1) is 7.79. The van der Waals surface area contributed by atoms with E-state index in [0.717, 1.165) is 11.3 Å². The van der Waals surface area contributed by atoms with Gasteiger partial charge in [-0.25, -0.2) is 0 Å². The average molecular weight is 252 g/mol. The summed E-state index contributed by atoms with van der Waals surface area (Å²) in [7, 11) is 0. The van der Waals surface area contributed by atoms with E-state index in [2.05, 4.69) is 5.32 Å². The highest BCUT2D eigenvalue weighted by Crippen LogP contribution is 2.19. The zero-order chi connectivity index (χ0) is 13.1. The number of amides is 1. The van der Waals surface area contributed by atoms with Crippen LogP contribution in [0.4, 0.5) is 13.2 Å². The Kier molecular flexibility index (Phi) is 4.80. The Morgan fingerprint density at radius 2 is 2.12 bits per heavy atom. The highest BCUT2D eigenvalue weighted by molar-refractivity contribution is 5.82. The molecule has 0 aromatic heterocycles. The summed E-state index contributed by atoms with van der Waals surface area (Å²) < 4.78 is 37.2. The topological polar surface area (TPSA) is 32.3 Å². The fourth-order valence-corrected chi connectivity index (χ4v) is 2.01. The number of hydrogen-bond donors (Lipinski definition) is 1. The van der Waals surface area contributed by atoms with Gasteiger partial charge in [-0.2, -0.15) is 13.2 Å². The van der Waals surface area contributed by atoms with Crippen LogP contribution in [0.2, 0.25) is 0 Å². The van der Waals surface area contributed by atoms with Crippen LogP contribution in [-0.4, -0.2) is 42.7 Å². The fourth-order valence-electron chi connectivity index (χ4n) is 2.01. The summed E-state index contributed by atoms with van der Waals surface area (Å²) in [5.41, 5.74) is 0. The van der Waals surface area contributed by atoms with E-state index in [1.165, 1.54) is 0 Å². The van der Waals surface area contributed by atoms with Crippen LogP contribution in [0.25, 0.3) is 0 Å². The molecule has 1 atom stereocenters. The van der Waals surface area contributed by atoms with Crippen LogP contribution in [0.3, 0.4) is 0 Å². The molecule has 1 fully saturated rings. The van der Waals surface area contributed by atoms with Crippen molar-refractivity contribution in [1.29, 1.82) is 0 Å². The van der Waals surface area contributed by atoms with Crippen LogP contribution >= 0.6 is 0 Å². The third kappa shape index (κ3) is 4.93. The lowest BCUT2D eigenvalue weighted by molar-refractivity contribution is -0.163. The molecule has 0 aliphatic carbocycles. The Labute approximate surface area is 99.4 Å². The summed E-state index contributed by atoms with van der Waals surface area (Å²) in [6, 6.07) is -0.434. The van der Waals surface area contributed by atoms with Gasteiger partial charge in [-0.3, -0.25) is 4.79 Å². The standard InChI is InChI=1S/C11H19F3N2O/c1-8(2)6-16(7-11(12,13)14)10(17)9-4-3-5-15-9/h8-9,15H,3-7H2,1-2H3/t9-/m1/s1. The van der Waals surface area contributed by atoms with Crippen LogP contribution < -0.4 is 5.32 Å². The lowest BCUT2D eigenvalue weighted by Gasteiger charge is -2.28. The smallest absolute Gasteiger partial charge is 0.332 e. The molecule has 1 saturated heterocycles. The maximum atomic E-state index is 12.4. The van der Waals surface area contributed by atoms with Crippen LogP contribution in [-0.2, 0) is 4.79 Å². The molecule has 1 amide bonds. The molecular formula is C11H19F3N2O. The number of hydrogen-bond acceptors (Lipinski definition) is 2. The van der Waals surface area contributed by atoms with Gasteiger partial charge in [0, 0.05) is 6.54 Å². The summed E-state index contributed by atoms with van der Waals surface area (Å²) in [5, 5.41) is 2.94. The number of carbonyl (C=O) groups excluding carboxylic acids is 1. The number of halogens is 3. The summed E-state index contributed by atoms with van der Waals surface area (Å²) in [6.07, 6.45) is -2.85. The van der Waals surface area contributed by atoms with E-state index < -0.39 is 24.7 Å². The molecule has 0 radical (unpaired) electrons. The number of nitrogens with zero attached hydrogens (tertiary/aromatic N) is 1. The Balaban J connectivity index is 2.63. The molecule has 0 aromatic rings. The van der Waals surface area contributed by atoms with E-state index in [1.807, 2.05) is 0 Å². The van der Waals surface area contributed by atoms with Gasteiger partial charge in [0.05, 0.1) is 6.04 Å². The van der Waals surface area contributed by atoms with Crippen molar-refractivity contribution in [3.63, 3.8) is 0 Å². The Hall–Kier alpha value is -0.780. The zero-order valence-electron chi connectivity index (χ0n) is 10.2. The molecule has 0 bridgehead atoms. The van der Waals surface area contributed by atoms with Crippen molar-refractivity contribution < 1.29 is 18.0 Å². The molecule has 17 heavy (non-hydrogen) atoms. The second kappa shape index (κ2) is 5.71. The zero-order valence-corrected chi connectivity index (χ0v) is 10.2. The highest BCUT2D eigenvalue weighted by Gasteiger charge is 2.36. The van der Waals surface area contributed by atoms with E-state index in [-0.39, 0.29) is 12.5 Å². The van der Waals surface area contributed by atoms with Gasteiger partial charge in [0.15, 0.2) is 0 Å². The van der Waals surface area contributed by atoms with Crippen molar-refractivity contribution in [2.45, 2.75) is 38.9 Å². The number of carbonyl (C=O) groups is 1. The molecule has 1 aliphatic rings. The average Bonchev–Trinajstić information content (AvgIpc) is 2.65. The summed E-state index contributed by atoms with van der Waals surface area (Å²) in [5.74, 6) is -0.392. The second-order valence-corrected chi connectivity index (χ2v) is 4.88. The molecule has 1 aliphatic heterocycles. The third-order valence-corrected chi connectivity index (χ3v) is 2.63. The van der Waals surface area contributed by atoms with Crippen LogP contribution in [0.15, 0.2) is 0 Å². The first kappa shape index (κ1) is 14.3. The summed E-state index contributed by atoms with van der Waals surface area (Å²) in [6.45, 7) is 3.31. The number of nitrogens with one attached hydrogen (secondary N) is 1. The summed E-state index contributed by atoms with van der Waals surface area (Å²) in [4.78, 5) is 12.8. The van der Waals surface area contributed by atoms with E-state index in [9.17, 15) is 18.0 Å². The normalized spacial score (nSPS) is 20.9. The molecular weight excluding hydrogens is 233 g/mol. The van der Waals surface area contributed by atoms with Crippen LogP contribution in [0.1, 0.15) is 26.7 Å². The lowest BCUT2D eigenvalue weighted by atomic mass is 10.1. The molecule has 1 N–H and O–H groups in total. The Bertz CT molecular complexity index is 260. The van der Waals surface area contributed by atoms with Gasteiger partial charge in [-0.1, -0.05) is 13.8 Å². The van der Waals surface area contributed by atoms with Crippen molar-refractivity contribution in [3.8, 4) is 0 Å². The van der Waals surface area contributed by atoms with E-state index in [1.54, 1.807) is 13.8 Å². The van der Waals surface area contributed by atoms with Gasteiger partial charge in [0.25, 0.3) is 0 Å². The van der Waals surface area contributed by atoms with Gasteiger partial charge in [0.1, 0.15) is 6.54 Å². The van der Waals surface area contributed by atoms with E-state index in [0.29, 0.717) is 13.0 Å². The van der Waals surface area contributed by atoms with Crippen molar-refractivity contribution >= 4 is 5.91 Å². The SMILES string of the molecule is CC(C)CN(CC(F)(F)F)C(=O)[C@H]1CCCN1. The predicted molar refractivity (Wildman–Crippen MR) is 58.5 cm³/mol. The molecule has 1 rings (SSSR count). The molecule has 0 spiro atoms. The van der Waals surface area contributed by atoms with E-state index >= 15 is 0 Å². The molecule has 3 nitrogen and oxygen atoms in total. The van der Waals surface area contributed by atoms with Crippen LogP contribution in [0.5, 0.6) is 0 Å². The van der Waals surface area contributed by atoms with Gasteiger partial charge in [-0.15, -0.1) is 0 Å². The Morgan fingerprint density at radius 1 is 1.47 bits per heavy atom. The Morgan fingerprint density at radius 3 is 2.53 bits per heavy atom. The number of alkyl halides is 3. The van der Waals surface area contributed by atoms with Gasteiger partial charge < -0.3 is 10.2 Å². The third-order valence-electron chi connectivity index (χ3n) is 2.63. The minimum atomic E-state index is -4.33.